The summed E-state index contributed by atoms with van der Waals surface area (Å²) in [7, 11) is 8.68. The first kappa shape index (κ1) is 60.6. The van der Waals surface area contributed by atoms with Crippen LogP contribution in [0, 0.1) is 11.6 Å². The van der Waals surface area contributed by atoms with Crippen molar-refractivity contribution in [1.82, 2.24) is 39.5 Å². The fourth-order valence-electron chi connectivity index (χ4n) is 9.06. The van der Waals surface area contributed by atoms with Gasteiger partial charge in [-0.3, -0.25) is 9.36 Å². The van der Waals surface area contributed by atoms with E-state index in [-0.39, 0.29) is 64.6 Å². The molecule has 9 heterocycles. The number of esters is 2. The Labute approximate surface area is 490 Å². The number of methoxy groups -OCH3 is 4. The molecule has 0 spiro atoms. The van der Waals surface area contributed by atoms with Gasteiger partial charge in [-0.2, -0.15) is 10.2 Å². The Morgan fingerprint density at radius 2 is 1.14 bits per heavy atom. The maximum absolute atomic E-state index is 14.6. The van der Waals surface area contributed by atoms with Crippen LogP contribution in [0.3, 0.4) is 0 Å². The molecular formula is C54H57BBrF2N10NaO11. The number of fused-ring (bicyclic) bond motifs is 4. The Balaban J connectivity index is 0.000000179. The average Bonchev–Trinajstić information content (AvgIpc) is 4.34. The first-order valence-electron chi connectivity index (χ1n) is 24.6. The maximum Gasteiger partial charge on any atom is 1.00 e. The average molecular weight is 1170 g/mol. The number of ether oxygens (including phenoxy) is 6. The fourth-order valence-corrected chi connectivity index (χ4v) is 9.49. The largest absolute Gasteiger partial charge is 1.00 e. The second-order valence-corrected chi connectivity index (χ2v) is 20.0. The van der Waals surface area contributed by atoms with E-state index >= 15 is 0 Å². The number of halogens is 3. The minimum atomic E-state index is -0.541. The van der Waals surface area contributed by atoms with Crippen LogP contribution in [-0.4, -0.2) is 117 Å². The van der Waals surface area contributed by atoms with E-state index in [1.165, 1.54) is 33.5 Å². The zero-order chi connectivity index (χ0) is 55.6. The zero-order valence-corrected chi connectivity index (χ0v) is 49.6. The molecule has 6 aromatic heterocycles. The first-order chi connectivity index (χ1) is 37.3. The van der Waals surface area contributed by atoms with Crippen molar-refractivity contribution in [2.45, 2.75) is 64.8 Å². The number of hydrogen-bond donors (Lipinski definition) is 2. The number of carbonyl (C=O) groups is 2. The van der Waals surface area contributed by atoms with Crippen molar-refractivity contribution in [3.05, 3.63) is 123 Å². The van der Waals surface area contributed by atoms with E-state index < -0.39 is 30.3 Å². The summed E-state index contributed by atoms with van der Waals surface area (Å²) in [4.78, 5) is 41.0. The Hall–Kier alpha value is -7.00. The molecule has 2 aromatic carbocycles. The number of nitrogens with one attached hydrogen (secondary N) is 2. The maximum atomic E-state index is 14.6. The van der Waals surface area contributed by atoms with E-state index in [0.717, 1.165) is 55.2 Å². The van der Waals surface area contributed by atoms with Gasteiger partial charge in [0.05, 0.1) is 64.1 Å². The Morgan fingerprint density at radius 3 is 1.65 bits per heavy atom. The summed E-state index contributed by atoms with van der Waals surface area (Å²) in [6.07, 6.45) is 8.12. The van der Waals surface area contributed by atoms with Crippen molar-refractivity contribution >= 4 is 73.8 Å². The molecule has 3 aliphatic heterocycles. The molecule has 26 heteroatoms. The van der Waals surface area contributed by atoms with Crippen LogP contribution in [0.1, 0.15) is 70.9 Å². The van der Waals surface area contributed by atoms with E-state index in [1.807, 2.05) is 33.8 Å². The van der Waals surface area contributed by atoms with Gasteiger partial charge in [0.1, 0.15) is 34.8 Å². The van der Waals surface area contributed by atoms with Crippen molar-refractivity contribution < 1.29 is 91.1 Å². The predicted molar refractivity (Wildman–Crippen MR) is 291 cm³/mol. The molecule has 0 bridgehead atoms. The van der Waals surface area contributed by atoms with Gasteiger partial charge in [-0.1, -0.05) is 0 Å². The van der Waals surface area contributed by atoms with E-state index in [2.05, 4.69) is 61.4 Å². The van der Waals surface area contributed by atoms with Crippen LogP contribution in [0.25, 0.3) is 32.8 Å². The van der Waals surface area contributed by atoms with E-state index in [0.29, 0.717) is 77.4 Å². The van der Waals surface area contributed by atoms with Crippen molar-refractivity contribution in [2.24, 2.45) is 14.1 Å². The fraction of sp³-hybridized carbons (Fsp3) is 0.333. The van der Waals surface area contributed by atoms with Gasteiger partial charge < -0.3 is 53.8 Å². The van der Waals surface area contributed by atoms with E-state index in [1.54, 1.807) is 85.7 Å². The number of carbonyl (C=O) groups excluding carboxylic acids is 2. The Kier molecular flexibility index (Phi) is 19.1. The van der Waals surface area contributed by atoms with Crippen molar-refractivity contribution in [2.75, 3.05) is 52.3 Å². The monoisotopic (exact) mass is 1170 g/mol. The van der Waals surface area contributed by atoms with Crippen LogP contribution in [0.15, 0.2) is 77.8 Å². The standard InChI is InChI=1S/C24H22FN5O4.C18H15BrFN3O2.C12H19BN2O4.Na.H2O/c1-30-20(9-19(29-30)24(31)33-3)16-11-28-23(17-12-26-22(32-2)8-14(16)17)27-10-15-13-6-7-34-21(13)5-4-18(15)25;1-24-17-6-11-13(8-21-17)18(23-9-14(11)19)22-7-12-10-4-5-25-16(10)3-2-15(12)20;1-11(2)12(3,4)19-13(18-11)9-7-8(10(16)17-6)14-15(9)5;;/h4-5,8-9,11-12H,6-7,10H2,1-3H3,(H,27,28);2-3,6,8-9H,4-5,7H2,1H3,(H,22,23);7H,1-6H3;;1H2/q;;;+1;/p-1. The molecule has 0 atom stereocenters. The molecule has 0 radical (unpaired) electrons. The summed E-state index contributed by atoms with van der Waals surface area (Å²) in [6, 6.07) is 13.1. The summed E-state index contributed by atoms with van der Waals surface area (Å²) in [5.74, 6) is 2.08. The van der Waals surface area contributed by atoms with Gasteiger partial charge >= 0.3 is 48.6 Å². The number of nitrogens with zero attached hydrogens (tertiary/aromatic N) is 8. The molecule has 1 saturated heterocycles. The van der Waals surface area contributed by atoms with Crippen molar-refractivity contribution in [3.63, 3.8) is 0 Å². The third-order valence-corrected chi connectivity index (χ3v) is 14.6. The number of aryl methyl sites for hydroxylation is 2. The number of benzene rings is 2. The molecule has 3 N–H and O–H groups in total. The van der Waals surface area contributed by atoms with Gasteiger partial charge in [-0.25, -0.2) is 38.3 Å². The van der Waals surface area contributed by atoms with Gasteiger partial charge in [-0.05, 0) is 80.0 Å². The number of pyridine rings is 4. The molecule has 21 nitrogen and oxygen atoms in total. The second kappa shape index (κ2) is 25.2. The molecule has 0 unspecified atom stereocenters. The zero-order valence-electron chi connectivity index (χ0n) is 46.0. The third-order valence-electron chi connectivity index (χ3n) is 14.0. The van der Waals surface area contributed by atoms with E-state index in [4.69, 9.17) is 33.0 Å². The number of rotatable bonds is 12. The summed E-state index contributed by atoms with van der Waals surface area (Å²) in [6.45, 7) is 9.61. The van der Waals surface area contributed by atoms with Gasteiger partial charge in [0.15, 0.2) is 11.4 Å². The molecule has 80 heavy (non-hydrogen) atoms. The van der Waals surface area contributed by atoms with Gasteiger partial charge in [-0.15, -0.1) is 0 Å². The molecule has 0 saturated carbocycles. The smallest absolute Gasteiger partial charge is 0.870 e. The van der Waals surface area contributed by atoms with Crippen LogP contribution < -0.4 is 64.7 Å². The minimum Gasteiger partial charge on any atom is -0.870 e. The Morgan fingerprint density at radius 1 is 0.662 bits per heavy atom. The van der Waals surface area contributed by atoms with E-state index in [9.17, 15) is 18.4 Å². The van der Waals surface area contributed by atoms with Crippen molar-refractivity contribution in [3.8, 4) is 34.5 Å². The number of aromatic nitrogens is 8. The molecular weight excluding hydrogens is 1120 g/mol. The Bertz CT molecular complexity index is 3590. The first-order valence-corrected chi connectivity index (χ1v) is 25.4. The molecule has 1 fully saturated rings. The number of hydrogen-bond acceptors (Lipinski definition) is 19. The molecule has 8 aromatic rings. The normalized spacial score (nSPS) is 14.1. The van der Waals surface area contributed by atoms with Crippen LogP contribution in [-0.2, 0) is 58.8 Å². The summed E-state index contributed by atoms with van der Waals surface area (Å²) < 4.78 is 75.8. The third kappa shape index (κ3) is 12.3. The summed E-state index contributed by atoms with van der Waals surface area (Å²) >= 11 is 3.49. The predicted octanol–water partition coefficient (Wildman–Crippen LogP) is 4.93. The van der Waals surface area contributed by atoms with Gasteiger partial charge in [0, 0.05) is 131 Å². The summed E-state index contributed by atoms with van der Waals surface area (Å²) in [5.41, 5.74) is 4.65. The quantitative estimate of drug-likeness (QED) is 0.122. The second-order valence-electron chi connectivity index (χ2n) is 19.1. The summed E-state index contributed by atoms with van der Waals surface area (Å²) in [5, 5.41) is 18.1. The molecule has 0 aliphatic carbocycles. The van der Waals surface area contributed by atoms with Gasteiger partial charge in [0.25, 0.3) is 0 Å². The van der Waals surface area contributed by atoms with Crippen LogP contribution in [0.2, 0.25) is 0 Å². The van der Waals surface area contributed by atoms with Crippen LogP contribution >= 0.6 is 15.9 Å². The minimum absolute atomic E-state index is 0. The van der Waals surface area contributed by atoms with Crippen LogP contribution in [0.4, 0.5) is 20.4 Å². The van der Waals surface area contributed by atoms with Crippen LogP contribution in [0.5, 0.6) is 23.3 Å². The molecule has 11 rings (SSSR count). The molecule has 0 amide bonds. The SMILES string of the molecule is COC(=O)c1cc(-c2cnc(NCc3c(F)ccc4c3CCO4)c3cnc(OC)cc23)n(C)n1.COC(=O)c1cc(B2OC(C)(C)C(C)(C)O2)n(C)n1.COc1cc2c(Br)cnc(NCc3c(F)ccc4c3CCO4)c2cn1.[Na+].[OH-]. The number of anilines is 2. The molecule has 3 aliphatic rings. The molecule has 414 valence electrons. The van der Waals surface area contributed by atoms with Gasteiger partial charge in [0.2, 0.25) is 11.8 Å². The van der Waals surface area contributed by atoms with Crippen molar-refractivity contribution in [1.29, 1.82) is 0 Å². The topological polar surface area (TPSA) is 249 Å².